The maximum atomic E-state index is 6.18. The van der Waals surface area contributed by atoms with E-state index in [0.29, 0.717) is 19.1 Å². The summed E-state index contributed by atoms with van der Waals surface area (Å²) in [7, 11) is 1.68. The van der Waals surface area contributed by atoms with Crippen molar-refractivity contribution in [3.05, 3.63) is 65.7 Å². The normalized spacial score (nSPS) is 16.2. The Morgan fingerprint density at radius 1 is 1.14 bits per heavy atom. The molecule has 0 bridgehead atoms. The first-order valence-corrected chi connectivity index (χ1v) is 9.28. The molecule has 0 saturated carbocycles. The van der Waals surface area contributed by atoms with Crippen LogP contribution in [0.1, 0.15) is 17.2 Å². The van der Waals surface area contributed by atoms with Gasteiger partial charge in [0.15, 0.2) is 5.96 Å². The van der Waals surface area contributed by atoms with Gasteiger partial charge in [0.2, 0.25) is 0 Å². The summed E-state index contributed by atoms with van der Waals surface area (Å²) >= 11 is 0. The van der Waals surface area contributed by atoms with Crippen molar-refractivity contribution < 1.29 is 9.47 Å². The van der Waals surface area contributed by atoms with E-state index >= 15 is 0 Å². The van der Waals surface area contributed by atoms with E-state index in [-0.39, 0.29) is 30.0 Å². The number of hydrogen-bond donors (Lipinski definition) is 2. The summed E-state index contributed by atoms with van der Waals surface area (Å²) in [5, 5.41) is 3.21. The molecule has 1 saturated heterocycles. The second-order valence-corrected chi connectivity index (χ2v) is 6.52. The number of benzene rings is 2. The quantitative estimate of drug-likeness (QED) is 0.350. The first-order valence-electron chi connectivity index (χ1n) is 9.28. The van der Waals surface area contributed by atoms with E-state index in [1.807, 2.05) is 30.3 Å². The third-order valence-corrected chi connectivity index (χ3v) is 4.69. The van der Waals surface area contributed by atoms with Gasteiger partial charge < -0.3 is 20.5 Å². The van der Waals surface area contributed by atoms with Gasteiger partial charge in [-0.1, -0.05) is 48.5 Å². The molecule has 152 valence electrons. The fourth-order valence-corrected chi connectivity index (χ4v) is 3.28. The molecular formula is C21H29IN4O2. The van der Waals surface area contributed by atoms with Crippen molar-refractivity contribution in [3.8, 4) is 0 Å². The number of para-hydroxylation sites is 1. The molecule has 3 N–H and O–H groups in total. The minimum absolute atomic E-state index is 0. The van der Waals surface area contributed by atoms with Crippen LogP contribution >= 0.6 is 24.0 Å². The highest BCUT2D eigenvalue weighted by Gasteiger charge is 2.22. The Hall–Kier alpha value is -1.68. The lowest BCUT2D eigenvalue weighted by molar-refractivity contribution is 0.0180. The summed E-state index contributed by atoms with van der Waals surface area (Å²) in [5.41, 5.74) is 9.39. The molecule has 0 spiro atoms. The van der Waals surface area contributed by atoms with Crippen LogP contribution in [0.5, 0.6) is 0 Å². The molecule has 1 fully saturated rings. The van der Waals surface area contributed by atoms with Crippen molar-refractivity contribution in [3.63, 3.8) is 0 Å². The maximum absolute atomic E-state index is 6.18. The molecule has 0 aliphatic carbocycles. The Kier molecular flexibility index (Phi) is 9.69. The number of guanidine groups is 1. The summed E-state index contributed by atoms with van der Waals surface area (Å²) in [6.45, 7) is 4.43. The topological polar surface area (TPSA) is 72.1 Å². The van der Waals surface area contributed by atoms with Crippen LogP contribution in [0.25, 0.3) is 0 Å². The average Bonchev–Trinajstić information content (AvgIpc) is 2.71. The predicted molar refractivity (Wildman–Crippen MR) is 124 cm³/mol. The number of rotatable bonds is 7. The second kappa shape index (κ2) is 12.0. The zero-order valence-electron chi connectivity index (χ0n) is 16.2. The highest BCUT2D eigenvalue weighted by Crippen LogP contribution is 2.22. The van der Waals surface area contributed by atoms with E-state index in [2.05, 4.69) is 39.5 Å². The SMILES string of the molecule is COCc1ccccc1NC(N)=NCC(c1ccccc1)N1CCOCC1.I. The molecule has 2 aromatic carbocycles. The van der Waals surface area contributed by atoms with Crippen molar-refractivity contribution >= 4 is 35.6 Å². The summed E-state index contributed by atoms with van der Waals surface area (Å²) in [5.74, 6) is 0.410. The van der Waals surface area contributed by atoms with E-state index < -0.39 is 0 Å². The van der Waals surface area contributed by atoms with Crippen molar-refractivity contribution in [2.75, 3.05) is 45.3 Å². The number of anilines is 1. The number of halogens is 1. The monoisotopic (exact) mass is 496 g/mol. The molecule has 2 aromatic rings. The smallest absolute Gasteiger partial charge is 0.193 e. The molecule has 0 radical (unpaired) electrons. The van der Waals surface area contributed by atoms with Gasteiger partial charge in [-0.25, -0.2) is 0 Å². The Balaban J connectivity index is 0.00000280. The van der Waals surface area contributed by atoms with E-state index in [9.17, 15) is 0 Å². The molecule has 1 heterocycles. The molecule has 28 heavy (non-hydrogen) atoms. The highest BCUT2D eigenvalue weighted by atomic mass is 127. The predicted octanol–water partition coefficient (Wildman–Crippen LogP) is 3.25. The summed E-state index contributed by atoms with van der Waals surface area (Å²) < 4.78 is 10.7. The number of ether oxygens (including phenoxy) is 2. The van der Waals surface area contributed by atoms with Gasteiger partial charge in [0.25, 0.3) is 0 Å². The number of hydrogen-bond acceptors (Lipinski definition) is 4. The number of morpholine rings is 1. The first-order chi connectivity index (χ1) is 13.3. The highest BCUT2D eigenvalue weighted by molar-refractivity contribution is 14.0. The number of aliphatic imine (C=N–C) groups is 1. The van der Waals surface area contributed by atoms with E-state index in [1.54, 1.807) is 7.11 Å². The van der Waals surface area contributed by atoms with Crippen LogP contribution in [-0.4, -0.2) is 50.8 Å². The van der Waals surface area contributed by atoms with E-state index in [0.717, 1.165) is 37.6 Å². The van der Waals surface area contributed by atoms with Crippen LogP contribution in [0.4, 0.5) is 5.69 Å². The Labute approximate surface area is 184 Å². The van der Waals surface area contributed by atoms with Gasteiger partial charge >= 0.3 is 0 Å². The summed E-state index contributed by atoms with van der Waals surface area (Å²) in [6, 6.07) is 18.6. The molecule has 1 unspecified atom stereocenters. The molecule has 1 aliphatic heterocycles. The van der Waals surface area contributed by atoms with Gasteiger partial charge in [0.05, 0.1) is 32.4 Å². The lowest BCUT2D eigenvalue weighted by Crippen LogP contribution is -2.40. The fourth-order valence-electron chi connectivity index (χ4n) is 3.28. The number of nitrogens with zero attached hydrogens (tertiary/aromatic N) is 2. The Morgan fingerprint density at radius 2 is 1.82 bits per heavy atom. The average molecular weight is 496 g/mol. The van der Waals surface area contributed by atoms with Crippen molar-refractivity contribution in [2.45, 2.75) is 12.6 Å². The molecular weight excluding hydrogens is 467 g/mol. The van der Waals surface area contributed by atoms with Gasteiger partial charge in [-0.05, 0) is 11.6 Å². The number of methoxy groups -OCH3 is 1. The number of nitrogens with two attached hydrogens (primary N) is 1. The van der Waals surface area contributed by atoms with E-state index in [4.69, 9.17) is 15.2 Å². The van der Waals surface area contributed by atoms with Gasteiger partial charge in [-0.2, -0.15) is 0 Å². The molecule has 1 aliphatic rings. The van der Waals surface area contributed by atoms with Gasteiger partial charge in [0.1, 0.15) is 0 Å². The summed E-state index contributed by atoms with van der Waals surface area (Å²) in [6.07, 6.45) is 0. The number of nitrogens with one attached hydrogen (secondary N) is 1. The fraction of sp³-hybridized carbons (Fsp3) is 0.381. The Bertz CT molecular complexity index is 736. The molecule has 3 rings (SSSR count). The molecule has 0 aromatic heterocycles. The zero-order chi connectivity index (χ0) is 18.9. The van der Waals surface area contributed by atoms with Crippen LogP contribution in [0.3, 0.4) is 0 Å². The molecule has 6 nitrogen and oxygen atoms in total. The van der Waals surface area contributed by atoms with E-state index in [1.165, 1.54) is 5.56 Å². The van der Waals surface area contributed by atoms with Crippen molar-refractivity contribution in [1.82, 2.24) is 4.90 Å². The summed E-state index contributed by atoms with van der Waals surface area (Å²) in [4.78, 5) is 7.04. The van der Waals surface area contributed by atoms with Gasteiger partial charge in [0, 0.05) is 31.5 Å². The Morgan fingerprint density at radius 3 is 2.54 bits per heavy atom. The molecule has 7 heteroatoms. The van der Waals surface area contributed by atoms with Crippen LogP contribution in [0, 0.1) is 0 Å². The van der Waals surface area contributed by atoms with Crippen LogP contribution in [0.15, 0.2) is 59.6 Å². The molecule has 0 amide bonds. The van der Waals surface area contributed by atoms with Crippen LogP contribution < -0.4 is 11.1 Å². The third kappa shape index (κ3) is 6.44. The van der Waals surface area contributed by atoms with Crippen LogP contribution in [0.2, 0.25) is 0 Å². The van der Waals surface area contributed by atoms with Gasteiger partial charge in [-0.3, -0.25) is 9.89 Å². The standard InChI is InChI=1S/C21H28N4O2.HI/c1-26-16-18-9-5-6-10-19(18)24-21(22)23-15-20(17-7-3-2-4-8-17)25-11-13-27-14-12-25;/h2-10,20H,11-16H2,1H3,(H3,22,23,24);1H. The third-order valence-electron chi connectivity index (χ3n) is 4.69. The zero-order valence-corrected chi connectivity index (χ0v) is 18.5. The minimum atomic E-state index is 0. The second-order valence-electron chi connectivity index (χ2n) is 6.52. The lowest BCUT2D eigenvalue weighted by Gasteiger charge is -2.34. The minimum Gasteiger partial charge on any atom is -0.380 e. The van der Waals surface area contributed by atoms with Gasteiger partial charge in [-0.15, -0.1) is 24.0 Å². The first kappa shape index (κ1) is 22.6. The maximum Gasteiger partial charge on any atom is 0.193 e. The van der Waals surface area contributed by atoms with Crippen molar-refractivity contribution in [2.24, 2.45) is 10.7 Å². The van der Waals surface area contributed by atoms with Crippen molar-refractivity contribution in [1.29, 1.82) is 0 Å². The lowest BCUT2D eigenvalue weighted by atomic mass is 10.1. The largest absolute Gasteiger partial charge is 0.380 e. The van der Waals surface area contributed by atoms with Crippen LogP contribution in [-0.2, 0) is 16.1 Å². The molecule has 1 atom stereocenters.